The second-order valence-electron chi connectivity index (χ2n) is 7.49. The molecule has 194 valence electrons. The molecule has 0 aromatic rings. The molecule has 0 aromatic heterocycles. The van der Waals surface area contributed by atoms with Crippen molar-refractivity contribution in [1.82, 2.24) is 16.0 Å². The molecule has 3 unspecified atom stereocenters. The number of carbonyl (C=O) groups is 2. The third kappa shape index (κ3) is 15.3. The van der Waals surface area contributed by atoms with Crippen LogP contribution in [0.5, 0.6) is 0 Å². The van der Waals surface area contributed by atoms with Crippen molar-refractivity contribution in [2.45, 2.75) is 43.0 Å². The van der Waals surface area contributed by atoms with Crippen molar-refractivity contribution >= 4 is 49.0 Å². The Morgan fingerprint density at radius 1 is 1.00 bits per heavy atom. The summed E-state index contributed by atoms with van der Waals surface area (Å²) in [7, 11) is 1.65. The van der Waals surface area contributed by atoms with Crippen LogP contribution in [0.1, 0.15) is 25.7 Å². The Labute approximate surface area is 213 Å². The zero-order valence-electron chi connectivity index (χ0n) is 19.6. The Kier molecular flexibility index (Phi) is 19.5. The summed E-state index contributed by atoms with van der Waals surface area (Å²) >= 11 is 9.95. The highest BCUT2D eigenvalue weighted by atomic mass is 32.2. The molecule has 3 N–H and O–H groups in total. The summed E-state index contributed by atoms with van der Waals surface area (Å²) < 4.78 is 20.3. The Bertz CT molecular complexity index is 514. The fourth-order valence-electron chi connectivity index (χ4n) is 3.32. The van der Waals surface area contributed by atoms with Gasteiger partial charge in [0.05, 0.1) is 58.3 Å². The van der Waals surface area contributed by atoms with E-state index in [4.69, 9.17) is 18.9 Å². The molecule has 3 atom stereocenters. The van der Waals surface area contributed by atoms with E-state index in [1.807, 2.05) is 11.8 Å². The molecule has 12 heteroatoms. The van der Waals surface area contributed by atoms with Crippen LogP contribution in [-0.4, -0.2) is 106 Å². The maximum atomic E-state index is 11.6. The third-order valence-electron chi connectivity index (χ3n) is 4.92. The largest absolute Gasteiger partial charge is 0.382 e. The SMILES string of the molecule is COCCOCCOCCS.O=C(CCCCC1SCC2NC(=O)NC21)NCCOCCS. The van der Waals surface area contributed by atoms with Gasteiger partial charge in [-0.15, -0.1) is 0 Å². The average molecular weight is 528 g/mol. The number of methoxy groups -OCH3 is 1. The minimum atomic E-state index is -0.0418. The van der Waals surface area contributed by atoms with E-state index >= 15 is 0 Å². The zero-order chi connectivity index (χ0) is 24.2. The molecule has 0 aromatic carbocycles. The van der Waals surface area contributed by atoms with E-state index in [2.05, 4.69) is 41.2 Å². The molecule has 0 spiro atoms. The predicted octanol–water partition coefficient (Wildman–Crippen LogP) is 1.37. The first-order valence-electron chi connectivity index (χ1n) is 11.5. The molecule has 2 aliphatic heterocycles. The Hall–Kier alpha value is -0.370. The Balaban J connectivity index is 0.000000420. The molecule has 2 heterocycles. The number of hydrogen-bond acceptors (Lipinski definition) is 9. The molecule has 33 heavy (non-hydrogen) atoms. The van der Waals surface area contributed by atoms with Gasteiger partial charge in [0, 0.05) is 42.6 Å². The molecule has 2 saturated heterocycles. The lowest BCUT2D eigenvalue weighted by atomic mass is 10.0. The number of unbranched alkanes of at least 4 members (excludes halogenated alkanes) is 1. The second kappa shape index (κ2) is 21.0. The lowest BCUT2D eigenvalue weighted by Gasteiger charge is -2.16. The summed E-state index contributed by atoms with van der Waals surface area (Å²) in [6.07, 6.45) is 3.51. The summed E-state index contributed by atoms with van der Waals surface area (Å²) in [6.45, 7) is 4.98. The maximum absolute atomic E-state index is 11.6. The van der Waals surface area contributed by atoms with Crippen LogP contribution in [0.3, 0.4) is 0 Å². The molecule has 0 aliphatic carbocycles. The molecule has 3 amide bonds. The third-order valence-corrected chi connectivity index (χ3v) is 6.80. The topological polar surface area (TPSA) is 107 Å². The van der Waals surface area contributed by atoms with Crippen molar-refractivity contribution in [3.63, 3.8) is 0 Å². The summed E-state index contributed by atoms with van der Waals surface area (Å²) in [5.74, 6) is 2.53. The molecule has 2 fully saturated rings. The highest BCUT2D eigenvalue weighted by Crippen LogP contribution is 2.33. The van der Waals surface area contributed by atoms with Gasteiger partial charge in [0.25, 0.3) is 0 Å². The normalized spacial score (nSPS) is 21.1. The molecule has 2 aliphatic rings. The van der Waals surface area contributed by atoms with Gasteiger partial charge in [-0.2, -0.15) is 37.0 Å². The molecule has 0 bridgehead atoms. The fourth-order valence-corrected chi connectivity index (χ4v) is 5.12. The van der Waals surface area contributed by atoms with Gasteiger partial charge in [-0.05, 0) is 12.8 Å². The first kappa shape index (κ1) is 30.7. The highest BCUT2D eigenvalue weighted by Gasteiger charge is 2.42. The van der Waals surface area contributed by atoms with Crippen molar-refractivity contribution in [1.29, 1.82) is 0 Å². The van der Waals surface area contributed by atoms with E-state index < -0.39 is 0 Å². The van der Waals surface area contributed by atoms with Crippen LogP contribution in [0.15, 0.2) is 0 Å². The van der Waals surface area contributed by atoms with E-state index in [9.17, 15) is 9.59 Å². The molecule has 2 rings (SSSR count). The van der Waals surface area contributed by atoms with Gasteiger partial charge in [-0.3, -0.25) is 4.79 Å². The quantitative estimate of drug-likeness (QED) is 0.104. The number of amides is 3. The number of rotatable bonds is 18. The van der Waals surface area contributed by atoms with Crippen molar-refractivity contribution < 1.29 is 28.5 Å². The van der Waals surface area contributed by atoms with Crippen molar-refractivity contribution in [3.8, 4) is 0 Å². The number of fused-ring (bicyclic) bond motifs is 1. The first-order valence-corrected chi connectivity index (χ1v) is 13.8. The van der Waals surface area contributed by atoms with Crippen LogP contribution in [0, 0.1) is 0 Å². The summed E-state index contributed by atoms with van der Waals surface area (Å²) in [4.78, 5) is 22.9. The van der Waals surface area contributed by atoms with Crippen LogP contribution in [0.2, 0.25) is 0 Å². The van der Waals surface area contributed by atoms with E-state index in [0.29, 0.717) is 70.2 Å². The van der Waals surface area contributed by atoms with Gasteiger partial charge in [-0.1, -0.05) is 6.42 Å². The number of thiol groups is 2. The first-order chi connectivity index (χ1) is 16.1. The summed E-state index contributed by atoms with van der Waals surface area (Å²) in [5.41, 5.74) is 0. The van der Waals surface area contributed by atoms with Gasteiger partial charge < -0.3 is 34.9 Å². The molecule has 9 nitrogen and oxygen atoms in total. The number of thioether (sulfide) groups is 1. The van der Waals surface area contributed by atoms with Crippen LogP contribution in [0.4, 0.5) is 4.79 Å². The Morgan fingerprint density at radius 3 is 2.36 bits per heavy atom. The van der Waals surface area contributed by atoms with Crippen LogP contribution in [-0.2, 0) is 23.7 Å². The second-order valence-corrected chi connectivity index (χ2v) is 9.66. The van der Waals surface area contributed by atoms with Gasteiger partial charge >= 0.3 is 6.03 Å². The molecular formula is C21H41N3O6S3. The van der Waals surface area contributed by atoms with Gasteiger partial charge in [0.2, 0.25) is 5.91 Å². The smallest absolute Gasteiger partial charge is 0.315 e. The highest BCUT2D eigenvalue weighted by molar-refractivity contribution is 8.00. The minimum absolute atomic E-state index is 0.0418. The van der Waals surface area contributed by atoms with Crippen LogP contribution in [0.25, 0.3) is 0 Å². The molecule has 0 saturated carbocycles. The predicted molar refractivity (Wildman–Crippen MR) is 139 cm³/mol. The summed E-state index contributed by atoms with van der Waals surface area (Å²) in [6, 6.07) is 0.498. The number of hydrogen-bond donors (Lipinski definition) is 5. The summed E-state index contributed by atoms with van der Waals surface area (Å²) in [5, 5.41) is 9.26. The monoisotopic (exact) mass is 527 g/mol. The molecular weight excluding hydrogens is 486 g/mol. The van der Waals surface area contributed by atoms with E-state index in [-0.39, 0.29) is 24.0 Å². The van der Waals surface area contributed by atoms with E-state index in [0.717, 1.165) is 30.8 Å². The van der Waals surface area contributed by atoms with Crippen molar-refractivity contribution in [3.05, 3.63) is 0 Å². The number of ether oxygens (including phenoxy) is 4. The average Bonchev–Trinajstić information content (AvgIpc) is 3.36. The van der Waals surface area contributed by atoms with Crippen molar-refractivity contribution in [2.24, 2.45) is 0 Å². The lowest BCUT2D eigenvalue weighted by Crippen LogP contribution is -2.36. The fraction of sp³-hybridized carbons (Fsp3) is 0.905. The zero-order valence-corrected chi connectivity index (χ0v) is 22.2. The standard InChI is InChI=1S/C14H25N3O3S2.C7H16O3S/c18-12(15-5-6-20-7-8-21)4-2-1-3-11-13-10(9-22-11)16-14(19)17-13;1-8-2-3-9-4-5-10-6-7-11/h10-11,13,21H,1-9H2,(H,15,18)(H2,16,17,19);11H,2-7H2,1H3. The minimum Gasteiger partial charge on any atom is -0.382 e. The number of carbonyl (C=O) groups excluding carboxylic acids is 2. The van der Waals surface area contributed by atoms with Gasteiger partial charge in [0.15, 0.2) is 0 Å². The lowest BCUT2D eigenvalue weighted by molar-refractivity contribution is -0.121. The van der Waals surface area contributed by atoms with E-state index in [1.165, 1.54) is 0 Å². The molecule has 0 radical (unpaired) electrons. The number of nitrogens with one attached hydrogen (secondary N) is 3. The van der Waals surface area contributed by atoms with E-state index in [1.54, 1.807) is 7.11 Å². The van der Waals surface area contributed by atoms with Gasteiger partial charge in [-0.25, -0.2) is 4.79 Å². The van der Waals surface area contributed by atoms with Gasteiger partial charge in [0.1, 0.15) is 0 Å². The maximum Gasteiger partial charge on any atom is 0.315 e. The van der Waals surface area contributed by atoms with Crippen molar-refractivity contribution in [2.75, 3.05) is 77.2 Å². The van der Waals surface area contributed by atoms with Crippen LogP contribution >= 0.6 is 37.0 Å². The number of urea groups is 1. The van der Waals surface area contributed by atoms with Crippen LogP contribution < -0.4 is 16.0 Å². The Morgan fingerprint density at radius 2 is 1.67 bits per heavy atom.